The normalized spacial score (nSPS) is 10.3. The summed E-state index contributed by atoms with van der Waals surface area (Å²) in [6.07, 6.45) is 0. The third kappa shape index (κ3) is 3.58. The highest BCUT2D eigenvalue weighted by Crippen LogP contribution is 2.18. The molecule has 18 heavy (non-hydrogen) atoms. The number of carbonyl (C=O) groups is 2. The maximum Gasteiger partial charge on any atom is 0.260 e. The summed E-state index contributed by atoms with van der Waals surface area (Å²) in [6, 6.07) is 7.06. The minimum absolute atomic E-state index is 0.0566. The Bertz CT molecular complexity index is 440. The molecule has 4 nitrogen and oxygen atoms in total. The second kappa shape index (κ2) is 6.19. The van der Waals surface area contributed by atoms with Crippen LogP contribution in [0.2, 0.25) is 0 Å². The Balaban J connectivity index is 2.70. The lowest BCUT2D eigenvalue weighted by Crippen LogP contribution is -2.36. The molecule has 1 rings (SSSR count). The molecule has 0 saturated heterocycles. The zero-order valence-electron chi connectivity index (χ0n) is 11.3. The number of Topliss-reactive ketones (excluding diaryl/α,β-unsaturated/α-hetero) is 1. The highest BCUT2D eigenvalue weighted by molar-refractivity contribution is 5.96. The number of benzene rings is 1. The lowest BCUT2D eigenvalue weighted by atomic mass is 10.1. The van der Waals surface area contributed by atoms with Gasteiger partial charge < -0.3 is 9.64 Å². The summed E-state index contributed by atoms with van der Waals surface area (Å²) in [7, 11) is 1.73. The van der Waals surface area contributed by atoms with Gasteiger partial charge in [0.05, 0.1) is 5.56 Å². The quantitative estimate of drug-likeness (QED) is 0.751. The predicted octanol–water partition coefficient (Wildman–Crippen LogP) is 2.13. The van der Waals surface area contributed by atoms with E-state index in [1.54, 1.807) is 36.2 Å². The van der Waals surface area contributed by atoms with Crippen LogP contribution < -0.4 is 4.74 Å². The van der Waals surface area contributed by atoms with Crippen molar-refractivity contribution in [2.45, 2.75) is 26.8 Å². The van der Waals surface area contributed by atoms with Crippen LogP contribution in [0, 0.1) is 0 Å². The van der Waals surface area contributed by atoms with Crippen molar-refractivity contribution in [1.82, 2.24) is 4.90 Å². The average Bonchev–Trinajstić information content (AvgIpc) is 2.35. The Morgan fingerprint density at radius 3 is 2.44 bits per heavy atom. The molecule has 0 bridgehead atoms. The maximum absolute atomic E-state index is 11.8. The van der Waals surface area contributed by atoms with Crippen molar-refractivity contribution in [2.24, 2.45) is 0 Å². The molecule has 0 saturated carbocycles. The van der Waals surface area contributed by atoms with Gasteiger partial charge in [-0.2, -0.15) is 0 Å². The molecule has 1 amide bonds. The number of amides is 1. The van der Waals surface area contributed by atoms with Gasteiger partial charge in [-0.15, -0.1) is 0 Å². The van der Waals surface area contributed by atoms with Gasteiger partial charge in [-0.3, -0.25) is 9.59 Å². The van der Waals surface area contributed by atoms with Crippen LogP contribution in [-0.4, -0.2) is 36.3 Å². The first-order valence-corrected chi connectivity index (χ1v) is 5.92. The second-order valence-electron chi connectivity index (χ2n) is 4.44. The molecule has 98 valence electrons. The summed E-state index contributed by atoms with van der Waals surface area (Å²) in [6.45, 7) is 5.28. The summed E-state index contributed by atoms with van der Waals surface area (Å²) in [5.41, 5.74) is 0.498. The number of rotatable bonds is 5. The van der Waals surface area contributed by atoms with E-state index < -0.39 is 0 Å². The van der Waals surface area contributed by atoms with Crippen molar-refractivity contribution in [3.8, 4) is 5.75 Å². The average molecular weight is 249 g/mol. The topological polar surface area (TPSA) is 46.6 Å². The summed E-state index contributed by atoms with van der Waals surface area (Å²) in [5.74, 6) is 0.272. The van der Waals surface area contributed by atoms with E-state index in [-0.39, 0.29) is 24.3 Å². The monoisotopic (exact) mass is 249 g/mol. The van der Waals surface area contributed by atoms with Crippen LogP contribution >= 0.6 is 0 Å². The van der Waals surface area contributed by atoms with Crippen molar-refractivity contribution < 1.29 is 14.3 Å². The van der Waals surface area contributed by atoms with Crippen molar-refractivity contribution in [3.63, 3.8) is 0 Å². The predicted molar refractivity (Wildman–Crippen MR) is 69.8 cm³/mol. The van der Waals surface area contributed by atoms with E-state index in [9.17, 15) is 9.59 Å². The van der Waals surface area contributed by atoms with Gasteiger partial charge in [-0.1, -0.05) is 12.1 Å². The standard InChI is InChI=1S/C14H19NO3/c1-10(2)15(4)14(17)9-18-13-8-6-5-7-12(13)11(3)16/h5-8,10H,9H2,1-4H3. The van der Waals surface area contributed by atoms with Crippen LogP contribution in [0.3, 0.4) is 0 Å². The zero-order valence-corrected chi connectivity index (χ0v) is 11.3. The molecule has 1 aromatic carbocycles. The Hall–Kier alpha value is -1.84. The summed E-state index contributed by atoms with van der Waals surface area (Å²) in [5, 5.41) is 0. The van der Waals surface area contributed by atoms with Crippen molar-refractivity contribution in [1.29, 1.82) is 0 Å². The van der Waals surface area contributed by atoms with E-state index in [4.69, 9.17) is 4.74 Å². The highest BCUT2D eigenvalue weighted by Gasteiger charge is 2.14. The van der Waals surface area contributed by atoms with E-state index in [0.717, 1.165) is 0 Å². The van der Waals surface area contributed by atoms with Crippen LogP contribution in [0.5, 0.6) is 5.75 Å². The molecule has 0 aliphatic rings. The summed E-state index contributed by atoms with van der Waals surface area (Å²) >= 11 is 0. The number of hydrogen-bond acceptors (Lipinski definition) is 3. The van der Waals surface area contributed by atoms with Gasteiger partial charge >= 0.3 is 0 Å². The number of nitrogens with zero attached hydrogens (tertiary/aromatic N) is 1. The molecular formula is C14H19NO3. The van der Waals surface area contributed by atoms with E-state index in [0.29, 0.717) is 11.3 Å². The molecule has 0 radical (unpaired) electrons. The molecule has 0 aliphatic heterocycles. The summed E-state index contributed by atoms with van der Waals surface area (Å²) < 4.78 is 5.42. The SMILES string of the molecule is CC(=O)c1ccccc1OCC(=O)N(C)C(C)C. The first-order chi connectivity index (χ1) is 8.43. The molecule has 0 aliphatic carbocycles. The minimum atomic E-state index is -0.108. The highest BCUT2D eigenvalue weighted by atomic mass is 16.5. The molecule has 0 spiro atoms. The molecule has 1 aromatic rings. The Kier molecular flexibility index (Phi) is 4.89. The molecule has 0 unspecified atom stereocenters. The van der Waals surface area contributed by atoms with Gasteiger partial charge in [-0.05, 0) is 32.9 Å². The van der Waals surface area contributed by atoms with Crippen LogP contribution in [-0.2, 0) is 4.79 Å². The largest absolute Gasteiger partial charge is 0.483 e. The fourth-order valence-corrected chi connectivity index (χ4v) is 1.41. The first-order valence-electron chi connectivity index (χ1n) is 5.92. The second-order valence-corrected chi connectivity index (χ2v) is 4.44. The van der Waals surface area contributed by atoms with Crippen molar-refractivity contribution in [2.75, 3.05) is 13.7 Å². The van der Waals surface area contributed by atoms with E-state index >= 15 is 0 Å². The molecule has 0 N–H and O–H groups in total. The van der Waals surface area contributed by atoms with Gasteiger partial charge in [0.1, 0.15) is 5.75 Å². The minimum Gasteiger partial charge on any atom is -0.483 e. The number of hydrogen-bond donors (Lipinski definition) is 0. The Morgan fingerprint density at radius 1 is 1.28 bits per heavy atom. The van der Waals surface area contributed by atoms with E-state index in [1.807, 2.05) is 13.8 Å². The van der Waals surface area contributed by atoms with Gasteiger partial charge in [0.15, 0.2) is 12.4 Å². The molecule has 0 heterocycles. The van der Waals surface area contributed by atoms with Gasteiger partial charge in [0.25, 0.3) is 5.91 Å². The van der Waals surface area contributed by atoms with Crippen LogP contribution in [0.15, 0.2) is 24.3 Å². The fraction of sp³-hybridized carbons (Fsp3) is 0.429. The third-order valence-electron chi connectivity index (χ3n) is 2.79. The van der Waals surface area contributed by atoms with Crippen LogP contribution in [0.1, 0.15) is 31.1 Å². The molecule has 4 heteroatoms. The molecule has 0 fully saturated rings. The Morgan fingerprint density at radius 2 is 1.89 bits per heavy atom. The summed E-state index contributed by atoms with van der Waals surface area (Å²) in [4.78, 5) is 24.7. The number of ketones is 1. The van der Waals surface area contributed by atoms with E-state index in [1.165, 1.54) is 6.92 Å². The van der Waals surface area contributed by atoms with Crippen molar-refractivity contribution >= 4 is 11.7 Å². The van der Waals surface area contributed by atoms with Crippen molar-refractivity contribution in [3.05, 3.63) is 29.8 Å². The van der Waals surface area contributed by atoms with Crippen LogP contribution in [0.25, 0.3) is 0 Å². The van der Waals surface area contributed by atoms with E-state index in [2.05, 4.69) is 0 Å². The Labute approximate surface area is 108 Å². The first kappa shape index (κ1) is 14.2. The lowest BCUT2D eigenvalue weighted by Gasteiger charge is -2.21. The van der Waals surface area contributed by atoms with Gasteiger partial charge in [0, 0.05) is 13.1 Å². The lowest BCUT2D eigenvalue weighted by molar-refractivity contribution is -0.133. The smallest absolute Gasteiger partial charge is 0.260 e. The van der Waals surface area contributed by atoms with Crippen LogP contribution in [0.4, 0.5) is 0 Å². The molecule has 0 atom stereocenters. The molecular weight excluding hydrogens is 230 g/mol. The van der Waals surface area contributed by atoms with Gasteiger partial charge in [-0.25, -0.2) is 0 Å². The van der Waals surface area contributed by atoms with Gasteiger partial charge in [0.2, 0.25) is 0 Å². The maximum atomic E-state index is 11.8. The fourth-order valence-electron chi connectivity index (χ4n) is 1.41. The number of ether oxygens (including phenoxy) is 1. The zero-order chi connectivity index (χ0) is 13.7. The third-order valence-corrected chi connectivity index (χ3v) is 2.79. The number of para-hydroxylation sites is 1. The number of carbonyl (C=O) groups excluding carboxylic acids is 2. The number of likely N-dealkylation sites (N-methyl/N-ethyl adjacent to an activating group) is 1. The molecule has 0 aromatic heterocycles.